The zero-order chi connectivity index (χ0) is 20.8. The second-order valence-corrected chi connectivity index (χ2v) is 8.59. The molecule has 0 unspecified atom stereocenters. The predicted octanol–water partition coefficient (Wildman–Crippen LogP) is 3.48. The average Bonchev–Trinajstić information content (AvgIpc) is 3.31. The first kappa shape index (κ1) is 19.1. The van der Waals surface area contributed by atoms with E-state index < -0.39 is 0 Å². The van der Waals surface area contributed by atoms with Crippen LogP contribution in [0.25, 0.3) is 16.7 Å². The standard InChI is InChI=1S/C24H29N5O/c1-17-16-29-23(30)21(18(2)25-24(29)26(17)3)11-14-27-12-9-20(10-13-27)28-15-8-19-6-4-5-7-22(19)28/h4-8,15-16,20H,9-14H2,1-3H3. The fourth-order valence-electron chi connectivity index (χ4n) is 4.85. The lowest BCUT2D eigenvalue weighted by Crippen LogP contribution is -2.36. The molecule has 0 bridgehead atoms. The molecule has 0 amide bonds. The van der Waals surface area contributed by atoms with E-state index in [4.69, 9.17) is 4.98 Å². The van der Waals surface area contributed by atoms with E-state index in [-0.39, 0.29) is 5.56 Å². The smallest absolute Gasteiger partial charge is 0.262 e. The van der Waals surface area contributed by atoms with Gasteiger partial charge in [0.15, 0.2) is 0 Å². The molecule has 0 N–H and O–H groups in total. The van der Waals surface area contributed by atoms with Crippen molar-refractivity contribution in [3.8, 4) is 0 Å². The molecule has 0 radical (unpaired) electrons. The maximum absolute atomic E-state index is 13.0. The molecular weight excluding hydrogens is 374 g/mol. The summed E-state index contributed by atoms with van der Waals surface area (Å²) in [4.78, 5) is 20.2. The average molecular weight is 404 g/mol. The van der Waals surface area contributed by atoms with E-state index in [1.165, 1.54) is 10.9 Å². The zero-order valence-corrected chi connectivity index (χ0v) is 18.0. The largest absolute Gasteiger partial charge is 0.344 e. The van der Waals surface area contributed by atoms with Crippen LogP contribution in [0.5, 0.6) is 0 Å². The van der Waals surface area contributed by atoms with Gasteiger partial charge in [-0.05, 0) is 50.6 Å². The van der Waals surface area contributed by atoms with E-state index in [9.17, 15) is 4.79 Å². The Hall–Kier alpha value is -2.86. The molecule has 1 aromatic carbocycles. The van der Waals surface area contributed by atoms with Gasteiger partial charge >= 0.3 is 0 Å². The highest BCUT2D eigenvalue weighted by atomic mass is 16.1. The third kappa shape index (κ3) is 3.16. The van der Waals surface area contributed by atoms with Gasteiger partial charge in [0.1, 0.15) is 0 Å². The molecule has 1 fully saturated rings. The summed E-state index contributed by atoms with van der Waals surface area (Å²) in [6.07, 6.45) is 7.17. The normalized spacial score (nSPS) is 16.1. The molecule has 30 heavy (non-hydrogen) atoms. The minimum Gasteiger partial charge on any atom is -0.344 e. The maximum atomic E-state index is 13.0. The number of para-hydroxylation sites is 1. The quantitative estimate of drug-likeness (QED) is 0.524. The number of piperidine rings is 1. The van der Waals surface area contributed by atoms with Gasteiger partial charge in [-0.1, -0.05) is 18.2 Å². The molecular formula is C24H29N5O. The minimum absolute atomic E-state index is 0.0786. The topological polar surface area (TPSA) is 47.5 Å². The Labute approximate surface area is 176 Å². The van der Waals surface area contributed by atoms with E-state index in [0.29, 0.717) is 6.04 Å². The van der Waals surface area contributed by atoms with Gasteiger partial charge < -0.3 is 14.0 Å². The number of aryl methyl sites for hydroxylation is 3. The molecule has 1 saturated heterocycles. The first-order valence-corrected chi connectivity index (χ1v) is 10.8. The van der Waals surface area contributed by atoms with Crippen molar-refractivity contribution in [2.45, 2.75) is 39.2 Å². The Bertz CT molecular complexity index is 1270. The third-order valence-electron chi connectivity index (χ3n) is 6.80. The molecule has 6 nitrogen and oxygen atoms in total. The Morgan fingerprint density at radius 1 is 1.10 bits per heavy atom. The second kappa shape index (κ2) is 7.43. The SMILES string of the molecule is Cc1nc2n(C)c(C)cn2c(=O)c1CCN1CCC(n2ccc3ccccc32)CC1. The fraction of sp³-hybridized carbons (Fsp3) is 0.417. The molecule has 1 aliphatic rings. The summed E-state index contributed by atoms with van der Waals surface area (Å²) in [7, 11) is 1.95. The lowest BCUT2D eigenvalue weighted by atomic mass is 10.0. The van der Waals surface area contributed by atoms with Gasteiger partial charge in [-0.3, -0.25) is 9.20 Å². The van der Waals surface area contributed by atoms with Crippen LogP contribution >= 0.6 is 0 Å². The first-order chi connectivity index (χ1) is 14.5. The van der Waals surface area contributed by atoms with Crippen molar-refractivity contribution >= 4 is 16.7 Å². The summed E-state index contributed by atoms with van der Waals surface area (Å²) >= 11 is 0. The molecule has 1 aliphatic heterocycles. The van der Waals surface area contributed by atoms with Crippen LogP contribution in [0.1, 0.15) is 35.8 Å². The van der Waals surface area contributed by atoms with Crippen molar-refractivity contribution < 1.29 is 0 Å². The molecule has 6 heteroatoms. The summed E-state index contributed by atoms with van der Waals surface area (Å²) in [6, 6.07) is 11.4. The Morgan fingerprint density at radius 2 is 1.87 bits per heavy atom. The van der Waals surface area contributed by atoms with Crippen LogP contribution in [0.3, 0.4) is 0 Å². The van der Waals surface area contributed by atoms with Crippen molar-refractivity contribution in [3.05, 3.63) is 70.0 Å². The van der Waals surface area contributed by atoms with Crippen LogP contribution in [0.2, 0.25) is 0 Å². The van der Waals surface area contributed by atoms with E-state index in [2.05, 4.69) is 46.0 Å². The summed E-state index contributed by atoms with van der Waals surface area (Å²) in [5, 5.41) is 1.31. The molecule has 3 aromatic heterocycles. The molecule has 0 spiro atoms. The molecule has 0 aliphatic carbocycles. The van der Waals surface area contributed by atoms with E-state index in [1.54, 1.807) is 4.40 Å². The second-order valence-electron chi connectivity index (χ2n) is 8.59. The fourth-order valence-corrected chi connectivity index (χ4v) is 4.85. The predicted molar refractivity (Wildman–Crippen MR) is 120 cm³/mol. The van der Waals surface area contributed by atoms with Crippen molar-refractivity contribution in [3.63, 3.8) is 0 Å². The van der Waals surface area contributed by atoms with Crippen molar-refractivity contribution in [2.75, 3.05) is 19.6 Å². The zero-order valence-electron chi connectivity index (χ0n) is 18.0. The van der Waals surface area contributed by atoms with Crippen molar-refractivity contribution in [1.29, 1.82) is 0 Å². The van der Waals surface area contributed by atoms with Crippen LogP contribution in [-0.2, 0) is 13.5 Å². The van der Waals surface area contributed by atoms with E-state index >= 15 is 0 Å². The van der Waals surface area contributed by atoms with Crippen LogP contribution < -0.4 is 5.56 Å². The van der Waals surface area contributed by atoms with E-state index in [1.807, 2.05) is 31.7 Å². The monoisotopic (exact) mass is 403 g/mol. The summed E-state index contributed by atoms with van der Waals surface area (Å²) in [5.74, 6) is 0.721. The van der Waals surface area contributed by atoms with Gasteiger partial charge in [0.2, 0.25) is 5.78 Å². The van der Waals surface area contributed by atoms with Crippen molar-refractivity contribution in [2.24, 2.45) is 7.05 Å². The number of hydrogen-bond donors (Lipinski definition) is 0. The number of aromatic nitrogens is 4. The van der Waals surface area contributed by atoms with Crippen LogP contribution in [0.4, 0.5) is 0 Å². The maximum Gasteiger partial charge on any atom is 0.262 e. The molecule has 0 atom stereocenters. The Balaban J connectivity index is 1.27. The van der Waals surface area contributed by atoms with Gasteiger partial charge in [0.05, 0.1) is 5.69 Å². The van der Waals surface area contributed by atoms with Gasteiger partial charge in [0, 0.05) is 61.9 Å². The highest BCUT2D eigenvalue weighted by molar-refractivity contribution is 5.80. The third-order valence-corrected chi connectivity index (χ3v) is 6.80. The Kier molecular flexibility index (Phi) is 4.74. The highest BCUT2D eigenvalue weighted by Gasteiger charge is 2.22. The molecule has 4 heterocycles. The van der Waals surface area contributed by atoms with Gasteiger partial charge in [0.25, 0.3) is 5.56 Å². The number of likely N-dealkylation sites (tertiary alicyclic amines) is 1. The molecule has 0 saturated carbocycles. The molecule has 4 aromatic rings. The number of hydrogen-bond acceptors (Lipinski definition) is 3. The number of benzene rings is 1. The van der Waals surface area contributed by atoms with Crippen LogP contribution in [-0.4, -0.2) is 43.1 Å². The van der Waals surface area contributed by atoms with Gasteiger partial charge in [-0.15, -0.1) is 0 Å². The minimum atomic E-state index is 0.0786. The summed E-state index contributed by atoms with van der Waals surface area (Å²) < 4.78 is 6.10. The summed E-state index contributed by atoms with van der Waals surface area (Å²) in [5.41, 5.74) is 4.15. The van der Waals surface area contributed by atoms with E-state index in [0.717, 1.165) is 61.6 Å². The van der Waals surface area contributed by atoms with Crippen molar-refractivity contribution in [1.82, 2.24) is 23.4 Å². The lowest BCUT2D eigenvalue weighted by Gasteiger charge is -2.33. The van der Waals surface area contributed by atoms with Crippen LogP contribution in [0.15, 0.2) is 47.5 Å². The first-order valence-electron chi connectivity index (χ1n) is 10.8. The number of fused-ring (bicyclic) bond motifs is 2. The summed E-state index contributed by atoms with van der Waals surface area (Å²) in [6.45, 7) is 7.01. The lowest BCUT2D eigenvalue weighted by molar-refractivity contribution is 0.190. The molecule has 5 rings (SSSR count). The number of rotatable bonds is 4. The molecule has 156 valence electrons. The van der Waals surface area contributed by atoms with Gasteiger partial charge in [-0.2, -0.15) is 0 Å². The highest BCUT2D eigenvalue weighted by Crippen LogP contribution is 2.27. The van der Waals surface area contributed by atoms with Crippen LogP contribution in [0, 0.1) is 13.8 Å². The Morgan fingerprint density at radius 3 is 2.67 bits per heavy atom. The van der Waals surface area contributed by atoms with Gasteiger partial charge in [-0.25, -0.2) is 4.98 Å². The number of imidazole rings is 1. The number of nitrogens with zero attached hydrogens (tertiary/aromatic N) is 5.